The molecule has 4 rings (SSSR count). The summed E-state index contributed by atoms with van der Waals surface area (Å²) < 4.78 is 20.0. The SMILES string of the molecule is CCOc1ccc(C2CC(=O)C3=C(C2)NC(=O)CC3c2c(F)cccc2Cl)cc1. The van der Waals surface area contributed by atoms with E-state index in [0.29, 0.717) is 30.7 Å². The van der Waals surface area contributed by atoms with Gasteiger partial charge in [0.05, 0.1) is 6.61 Å². The van der Waals surface area contributed by atoms with Crippen molar-refractivity contribution in [1.82, 2.24) is 5.32 Å². The summed E-state index contributed by atoms with van der Waals surface area (Å²) in [6, 6.07) is 12.1. The number of Topliss-reactive ketones (excluding diaryl/α,β-unsaturated/α-hetero) is 1. The van der Waals surface area contributed by atoms with Gasteiger partial charge in [0.15, 0.2) is 5.78 Å². The van der Waals surface area contributed by atoms with Crippen LogP contribution in [0.2, 0.25) is 5.02 Å². The van der Waals surface area contributed by atoms with Crippen molar-refractivity contribution in [2.24, 2.45) is 0 Å². The minimum absolute atomic E-state index is 0.0128. The van der Waals surface area contributed by atoms with E-state index in [9.17, 15) is 14.0 Å². The maximum absolute atomic E-state index is 14.5. The Bertz CT molecular complexity index is 979. The summed E-state index contributed by atoms with van der Waals surface area (Å²) in [7, 11) is 0. The van der Waals surface area contributed by atoms with Gasteiger partial charge in [0, 0.05) is 40.6 Å². The van der Waals surface area contributed by atoms with Crippen molar-refractivity contribution in [2.75, 3.05) is 6.61 Å². The zero-order chi connectivity index (χ0) is 20.5. The molecular weight excluding hydrogens is 393 g/mol. The van der Waals surface area contributed by atoms with Gasteiger partial charge in [-0.15, -0.1) is 0 Å². The average Bonchev–Trinajstić information content (AvgIpc) is 2.68. The molecule has 0 saturated heterocycles. The van der Waals surface area contributed by atoms with Crippen LogP contribution in [0, 0.1) is 5.82 Å². The van der Waals surface area contributed by atoms with Crippen LogP contribution in [-0.4, -0.2) is 18.3 Å². The lowest BCUT2D eigenvalue weighted by molar-refractivity contribution is -0.122. The Morgan fingerprint density at radius 2 is 1.86 bits per heavy atom. The Hall–Kier alpha value is -2.66. The van der Waals surface area contributed by atoms with Gasteiger partial charge in [-0.1, -0.05) is 29.8 Å². The van der Waals surface area contributed by atoms with Gasteiger partial charge in [-0.05, 0) is 49.1 Å². The molecule has 0 spiro atoms. The van der Waals surface area contributed by atoms with Crippen LogP contribution < -0.4 is 10.1 Å². The molecule has 1 aliphatic heterocycles. The number of benzene rings is 2. The molecule has 2 aromatic carbocycles. The van der Waals surface area contributed by atoms with Crippen LogP contribution in [0.4, 0.5) is 4.39 Å². The van der Waals surface area contributed by atoms with E-state index in [0.717, 1.165) is 11.3 Å². The normalized spacial score (nSPS) is 21.6. The molecule has 29 heavy (non-hydrogen) atoms. The highest BCUT2D eigenvalue weighted by atomic mass is 35.5. The fourth-order valence-corrected chi connectivity index (χ4v) is 4.58. The van der Waals surface area contributed by atoms with Gasteiger partial charge in [-0.25, -0.2) is 4.39 Å². The molecule has 2 aromatic rings. The number of hydrogen-bond acceptors (Lipinski definition) is 3. The van der Waals surface area contributed by atoms with Crippen LogP contribution in [0.15, 0.2) is 53.7 Å². The minimum atomic E-state index is -0.652. The van der Waals surface area contributed by atoms with Gasteiger partial charge in [-0.2, -0.15) is 0 Å². The second-order valence-electron chi connectivity index (χ2n) is 7.36. The Kier molecular flexibility index (Phi) is 5.41. The molecule has 0 bridgehead atoms. The topological polar surface area (TPSA) is 55.4 Å². The first-order valence-electron chi connectivity index (χ1n) is 9.70. The van der Waals surface area contributed by atoms with E-state index < -0.39 is 11.7 Å². The number of allylic oxidation sites excluding steroid dienone is 2. The van der Waals surface area contributed by atoms with Gasteiger partial charge in [0.2, 0.25) is 5.91 Å². The van der Waals surface area contributed by atoms with Crippen LogP contribution in [-0.2, 0) is 9.59 Å². The fraction of sp³-hybridized carbons (Fsp3) is 0.304. The number of ketones is 1. The maximum atomic E-state index is 14.5. The Balaban J connectivity index is 1.69. The third-order valence-electron chi connectivity index (χ3n) is 5.55. The zero-order valence-corrected chi connectivity index (χ0v) is 16.8. The molecule has 2 atom stereocenters. The summed E-state index contributed by atoms with van der Waals surface area (Å²) in [5.41, 5.74) is 2.30. The quantitative estimate of drug-likeness (QED) is 0.777. The van der Waals surface area contributed by atoms with Crippen LogP contribution >= 0.6 is 11.6 Å². The van der Waals surface area contributed by atoms with Crippen LogP contribution in [0.1, 0.15) is 49.1 Å². The zero-order valence-electron chi connectivity index (χ0n) is 16.0. The first kappa shape index (κ1) is 19.6. The first-order valence-corrected chi connectivity index (χ1v) is 10.1. The molecule has 150 valence electrons. The van der Waals surface area contributed by atoms with Gasteiger partial charge >= 0.3 is 0 Å². The number of ether oxygens (including phenoxy) is 1. The van der Waals surface area contributed by atoms with E-state index in [2.05, 4.69) is 5.32 Å². The fourth-order valence-electron chi connectivity index (χ4n) is 4.29. The van der Waals surface area contributed by atoms with Crippen molar-refractivity contribution in [2.45, 2.75) is 38.0 Å². The number of amides is 1. The summed E-state index contributed by atoms with van der Waals surface area (Å²) in [5.74, 6) is -0.722. The lowest BCUT2D eigenvalue weighted by Crippen LogP contribution is -2.38. The average molecular weight is 414 g/mol. The Morgan fingerprint density at radius 1 is 1.10 bits per heavy atom. The smallest absolute Gasteiger partial charge is 0.225 e. The van der Waals surface area contributed by atoms with E-state index in [1.165, 1.54) is 12.1 Å². The second kappa shape index (κ2) is 7.99. The van der Waals surface area contributed by atoms with Gasteiger partial charge in [0.1, 0.15) is 11.6 Å². The van der Waals surface area contributed by atoms with Gasteiger partial charge in [-0.3, -0.25) is 9.59 Å². The Morgan fingerprint density at radius 3 is 2.55 bits per heavy atom. The van der Waals surface area contributed by atoms with Crippen molar-refractivity contribution >= 4 is 23.3 Å². The molecule has 0 saturated carbocycles. The van der Waals surface area contributed by atoms with E-state index in [1.807, 2.05) is 31.2 Å². The summed E-state index contributed by atoms with van der Waals surface area (Å²) in [6.07, 6.45) is 0.841. The van der Waals surface area contributed by atoms with Crippen LogP contribution in [0.5, 0.6) is 5.75 Å². The molecular formula is C23H21ClFNO3. The number of nitrogens with one attached hydrogen (secondary N) is 1. The summed E-state index contributed by atoms with van der Waals surface area (Å²) in [4.78, 5) is 25.4. The predicted octanol–water partition coefficient (Wildman–Crippen LogP) is 4.88. The van der Waals surface area contributed by atoms with Crippen molar-refractivity contribution in [3.63, 3.8) is 0 Å². The van der Waals surface area contributed by atoms with Crippen molar-refractivity contribution < 1.29 is 18.7 Å². The largest absolute Gasteiger partial charge is 0.494 e. The van der Waals surface area contributed by atoms with E-state index >= 15 is 0 Å². The standard InChI is InChI=1S/C23H21ClFNO3/c1-2-29-15-8-6-13(7-9-15)14-10-19-23(20(27)11-14)16(12-21(28)26-19)22-17(24)4-3-5-18(22)25/h3-9,14,16H,2,10-12H2,1H3,(H,26,28). The number of halogens is 2. The molecule has 1 aliphatic carbocycles. The molecule has 0 aromatic heterocycles. The molecule has 1 N–H and O–H groups in total. The number of carbonyl (C=O) groups excluding carboxylic acids is 2. The Labute approximate surface area is 173 Å². The molecule has 2 unspecified atom stereocenters. The first-order chi connectivity index (χ1) is 14.0. The molecule has 0 fully saturated rings. The highest BCUT2D eigenvalue weighted by Gasteiger charge is 2.39. The number of rotatable bonds is 4. The molecule has 1 heterocycles. The lowest BCUT2D eigenvalue weighted by atomic mass is 9.73. The molecule has 0 radical (unpaired) electrons. The minimum Gasteiger partial charge on any atom is -0.494 e. The monoisotopic (exact) mass is 413 g/mol. The predicted molar refractivity (Wildman–Crippen MR) is 109 cm³/mol. The number of carbonyl (C=O) groups is 2. The summed E-state index contributed by atoms with van der Waals surface area (Å²) >= 11 is 6.24. The van der Waals surface area contributed by atoms with Gasteiger partial charge < -0.3 is 10.1 Å². The highest BCUT2D eigenvalue weighted by molar-refractivity contribution is 6.31. The summed E-state index contributed by atoms with van der Waals surface area (Å²) in [5, 5.41) is 3.08. The van der Waals surface area contributed by atoms with Crippen molar-refractivity contribution in [1.29, 1.82) is 0 Å². The van der Waals surface area contributed by atoms with Crippen molar-refractivity contribution in [3.05, 3.63) is 75.7 Å². The molecule has 2 aliphatic rings. The van der Waals surface area contributed by atoms with E-state index in [-0.39, 0.29) is 34.6 Å². The van der Waals surface area contributed by atoms with Gasteiger partial charge in [0.25, 0.3) is 0 Å². The summed E-state index contributed by atoms with van der Waals surface area (Å²) in [6.45, 7) is 2.51. The highest BCUT2D eigenvalue weighted by Crippen LogP contribution is 2.44. The lowest BCUT2D eigenvalue weighted by Gasteiger charge is -2.34. The molecule has 6 heteroatoms. The second-order valence-corrected chi connectivity index (χ2v) is 7.77. The maximum Gasteiger partial charge on any atom is 0.225 e. The van der Waals surface area contributed by atoms with Crippen molar-refractivity contribution in [3.8, 4) is 5.75 Å². The third kappa shape index (κ3) is 3.79. The molecule has 4 nitrogen and oxygen atoms in total. The van der Waals surface area contributed by atoms with E-state index in [1.54, 1.807) is 6.07 Å². The van der Waals surface area contributed by atoms with E-state index in [4.69, 9.17) is 16.3 Å². The third-order valence-corrected chi connectivity index (χ3v) is 5.88. The van der Waals surface area contributed by atoms with Crippen LogP contribution in [0.3, 0.4) is 0 Å². The molecule has 1 amide bonds. The number of hydrogen-bond donors (Lipinski definition) is 1. The van der Waals surface area contributed by atoms with Crippen LogP contribution in [0.25, 0.3) is 0 Å².